The molecule has 2 N–H and O–H groups in total. The van der Waals surface area contributed by atoms with Crippen molar-refractivity contribution in [3.05, 3.63) is 96.3 Å². The molecule has 43 heavy (non-hydrogen) atoms. The number of rotatable bonds is 11. The monoisotopic (exact) mass is 732 g/mol. The van der Waals surface area contributed by atoms with Crippen LogP contribution in [0.2, 0.25) is 10.0 Å². The minimum atomic E-state index is -4.78. The summed E-state index contributed by atoms with van der Waals surface area (Å²) in [5.74, 6) is 1.52. The fraction of sp³-hybridized carbons (Fsp3) is 0.154. The van der Waals surface area contributed by atoms with E-state index in [0.29, 0.717) is 24.8 Å². The highest BCUT2D eigenvalue weighted by molar-refractivity contribution is 9.10. The SMILES string of the molecule is C#CCN(Cc1[nH]c2c(F)cc(Br)cc2c1CCN(c1ccc(Cl)cc1)S(=O)(=O)O)S(=O)(=O)c1ccc(Cl)cc1[N+](=O)[O-]. The predicted octanol–water partition coefficient (Wildman–Crippen LogP) is 5.96. The van der Waals surface area contributed by atoms with Gasteiger partial charge in [0.15, 0.2) is 4.90 Å². The fourth-order valence-corrected chi connectivity index (χ4v) is 7.33. The van der Waals surface area contributed by atoms with E-state index in [1.165, 1.54) is 36.4 Å². The summed E-state index contributed by atoms with van der Waals surface area (Å²) in [6, 6.07) is 11.4. The first-order valence-corrected chi connectivity index (χ1v) is 16.4. The van der Waals surface area contributed by atoms with Crippen molar-refractivity contribution in [3.63, 3.8) is 0 Å². The van der Waals surface area contributed by atoms with Gasteiger partial charge in [-0.2, -0.15) is 12.7 Å². The van der Waals surface area contributed by atoms with Gasteiger partial charge in [0.2, 0.25) is 0 Å². The lowest BCUT2D eigenvalue weighted by Crippen LogP contribution is -2.33. The second kappa shape index (κ2) is 12.8. The molecule has 0 unspecified atom stereocenters. The van der Waals surface area contributed by atoms with Crippen LogP contribution in [0.15, 0.2) is 64.0 Å². The number of halogens is 4. The van der Waals surface area contributed by atoms with Crippen LogP contribution in [0.4, 0.5) is 15.8 Å². The van der Waals surface area contributed by atoms with E-state index in [-0.39, 0.29) is 34.9 Å². The molecule has 0 bridgehead atoms. The lowest BCUT2D eigenvalue weighted by molar-refractivity contribution is -0.387. The maximum Gasteiger partial charge on any atom is 0.359 e. The van der Waals surface area contributed by atoms with Crippen molar-refractivity contribution in [3.8, 4) is 12.3 Å². The maximum absolute atomic E-state index is 15.0. The Kier molecular flexibility index (Phi) is 9.72. The zero-order valence-electron chi connectivity index (χ0n) is 21.7. The number of anilines is 1. The largest absolute Gasteiger partial charge is 0.359 e. The molecular formula is C26H20BrCl2FN4O7S2. The van der Waals surface area contributed by atoms with Gasteiger partial charge in [-0.05, 0) is 60.5 Å². The number of nitro groups is 1. The van der Waals surface area contributed by atoms with Crippen LogP contribution in [0, 0.1) is 28.3 Å². The quantitative estimate of drug-likeness (QED) is 0.0835. The third-order valence-electron chi connectivity index (χ3n) is 6.32. The molecule has 0 radical (unpaired) electrons. The number of aromatic nitrogens is 1. The van der Waals surface area contributed by atoms with E-state index in [0.717, 1.165) is 16.4 Å². The van der Waals surface area contributed by atoms with Crippen molar-refractivity contribution < 1.29 is 30.7 Å². The van der Waals surface area contributed by atoms with Crippen molar-refractivity contribution in [2.45, 2.75) is 17.9 Å². The van der Waals surface area contributed by atoms with Crippen LogP contribution >= 0.6 is 39.1 Å². The van der Waals surface area contributed by atoms with E-state index < -0.39 is 54.7 Å². The molecule has 3 aromatic carbocycles. The van der Waals surface area contributed by atoms with Gasteiger partial charge in [0.05, 0.1) is 29.2 Å². The van der Waals surface area contributed by atoms with Gasteiger partial charge < -0.3 is 4.98 Å². The first-order valence-electron chi connectivity index (χ1n) is 12.0. The number of nitrogens with one attached hydrogen (secondary N) is 1. The zero-order chi connectivity index (χ0) is 31.7. The number of hydrogen-bond acceptors (Lipinski definition) is 6. The van der Waals surface area contributed by atoms with Gasteiger partial charge in [-0.1, -0.05) is 45.1 Å². The molecule has 0 aliphatic heterocycles. The summed E-state index contributed by atoms with van der Waals surface area (Å²) in [6.45, 7) is -1.37. The van der Waals surface area contributed by atoms with E-state index in [2.05, 4.69) is 26.8 Å². The third kappa shape index (κ3) is 7.13. The van der Waals surface area contributed by atoms with Gasteiger partial charge in [0.25, 0.3) is 15.7 Å². The molecule has 17 heteroatoms. The second-order valence-electron chi connectivity index (χ2n) is 9.02. The summed E-state index contributed by atoms with van der Waals surface area (Å²) in [4.78, 5) is 13.0. The van der Waals surface area contributed by atoms with Crippen molar-refractivity contribution in [2.24, 2.45) is 0 Å². The lowest BCUT2D eigenvalue weighted by atomic mass is 10.1. The number of terminal acetylenes is 1. The Morgan fingerprint density at radius 1 is 1.07 bits per heavy atom. The van der Waals surface area contributed by atoms with Crippen molar-refractivity contribution in [1.82, 2.24) is 9.29 Å². The average molecular weight is 734 g/mol. The topological polar surface area (TPSA) is 154 Å². The van der Waals surface area contributed by atoms with Gasteiger partial charge in [-0.3, -0.25) is 14.7 Å². The molecule has 0 atom stereocenters. The number of fused-ring (bicyclic) bond motifs is 1. The van der Waals surface area contributed by atoms with E-state index in [9.17, 15) is 31.5 Å². The summed E-state index contributed by atoms with van der Waals surface area (Å²) in [7, 11) is -9.40. The second-order valence-corrected chi connectivity index (χ2v) is 14.0. The van der Waals surface area contributed by atoms with Crippen LogP contribution in [0.1, 0.15) is 11.3 Å². The number of nitro benzene ring substituents is 1. The number of H-pyrrole nitrogens is 1. The standard InChI is InChI=1S/C26H20BrCl2FN4O7S2/c1-2-10-32(42(37,38)25-8-5-18(29)14-24(25)34(35)36)15-23-20(21-12-16(27)13-22(30)26(21)31-23)9-11-33(43(39,40)41)19-6-3-17(28)4-7-19/h1,3-8,12-14,31H,9-11,15H2,(H,39,40,41). The summed E-state index contributed by atoms with van der Waals surface area (Å²) in [5.41, 5.74) is -0.247. The van der Waals surface area contributed by atoms with Crippen LogP contribution in [-0.2, 0) is 33.3 Å². The van der Waals surface area contributed by atoms with Gasteiger partial charge in [-0.15, -0.1) is 6.42 Å². The van der Waals surface area contributed by atoms with Crippen LogP contribution in [0.25, 0.3) is 10.9 Å². The fourth-order valence-electron chi connectivity index (χ4n) is 4.44. The van der Waals surface area contributed by atoms with Crippen LogP contribution < -0.4 is 4.31 Å². The van der Waals surface area contributed by atoms with Gasteiger partial charge in [0, 0.05) is 38.2 Å². The molecule has 0 amide bonds. The van der Waals surface area contributed by atoms with Crippen LogP contribution in [0.3, 0.4) is 0 Å². The summed E-state index contributed by atoms with van der Waals surface area (Å²) in [5, 5.41) is 12.2. The Hall–Kier alpha value is -3.23. The Balaban J connectivity index is 1.82. The minimum absolute atomic E-state index is 0.00590. The predicted molar refractivity (Wildman–Crippen MR) is 165 cm³/mol. The number of nitrogens with zero attached hydrogens (tertiary/aromatic N) is 3. The molecule has 4 aromatic rings. The number of aromatic amines is 1. The van der Waals surface area contributed by atoms with Crippen molar-refractivity contribution >= 4 is 81.7 Å². The molecule has 1 aromatic heterocycles. The Labute approximate surface area is 264 Å². The number of benzene rings is 3. The van der Waals surface area contributed by atoms with Crippen LogP contribution in [-0.4, -0.2) is 48.7 Å². The zero-order valence-corrected chi connectivity index (χ0v) is 26.4. The van der Waals surface area contributed by atoms with Gasteiger partial charge >= 0.3 is 10.3 Å². The first-order chi connectivity index (χ1) is 20.1. The highest BCUT2D eigenvalue weighted by Crippen LogP contribution is 2.34. The number of hydrogen-bond donors (Lipinski definition) is 2. The molecule has 11 nitrogen and oxygen atoms in total. The summed E-state index contributed by atoms with van der Waals surface area (Å²) in [6.07, 6.45) is 5.32. The molecule has 226 valence electrons. The number of sulfonamides is 1. The van der Waals surface area contributed by atoms with E-state index in [1.54, 1.807) is 6.07 Å². The summed E-state index contributed by atoms with van der Waals surface area (Å²) >= 11 is 15.0. The molecule has 4 rings (SSSR count). The molecule has 0 saturated carbocycles. The summed E-state index contributed by atoms with van der Waals surface area (Å²) < 4.78 is 78.7. The Morgan fingerprint density at radius 2 is 1.72 bits per heavy atom. The molecule has 1 heterocycles. The first kappa shape index (κ1) is 32.7. The molecule has 0 fully saturated rings. The smallest absolute Gasteiger partial charge is 0.355 e. The molecule has 0 saturated heterocycles. The highest BCUT2D eigenvalue weighted by atomic mass is 79.9. The molecule has 0 aliphatic rings. The Morgan fingerprint density at radius 3 is 2.33 bits per heavy atom. The molecular weight excluding hydrogens is 714 g/mol. The van der Waals surface area contributed by atoms with E-state index in [1.807, 2.05) is 0 Å². The third-order valence-corrected chi connectivity index (χ3v) is 10.1. The maximum atomic E-state index is 15.0. The van der Waals surface area contributed by atoms with E-state index in [4.69, 9.17) is 29.6 Å². The van der Waals surface area contributed by atoms with E-state index >= 15 is 4.39 Å². The normalized spacial score (nSPS) is 12.0. The highest BCUT2D eigenvalue weighted by Gasteiger charge is 2.33. The van der Waals surface area contributed by atoms with Gasteiger partial charge in [0.1, 0.15) is 5.82 Å². The van der Waals surface area contributed by atoms with Crippen molar-refractivity contribution in [1.29, 1.82) is 0 Å². The van der Waals surface area contributed by atoms with Crippen LogP contribution in [0.5, 0.6) is 0 Å². The molecule has 0 spiro atoms. The van der Waals surface area contributed by atoms with Gasteiger partial charge in [-0.25, -0.2) is 17.1 Å². The minimum Gasteiger partial charge on any atom is -0.355 e. The lowest BCUT2D eigenvalue weighted by Gasteiger charge is -2.22. The van der Waals surface area contributed by atoms with Crippen molar-refractivity contribution in [2.75, 3.05) is 17.4 Å². The Bertz CT molecular complexity index is 1980. The average Bonchev–Trinajstić information content (AvgIpc) is 3.25. The molecule has 0 aliphatic carbocycles.